The van der Waals surface area contributed by atoms with E-state index in [1.165, 1.54) is 99.9 Å². The summed E-state index contributed by atoms with van der Waals surface area (Å²) in [6.07, 6.45) is 5.32. The van der Waals surface area contributed by atoms with Crippen LogP contribution in [0.25, 0.3) is 55.6 Å². The highest BCUT2D eigenvalue weighted by Gasteiger charge is 2.52. The standard InChI is InChI=1S/C61H46NP/c1-5-39-24-29-49-50-32-28-45(63-4)38-58(50)61(56(49)34-39)54-33-27-43(36-52(54)51-30-25-42(35-57(51)61)40-16-8-6-9-17-40)62(59-23-15-13-20-46(59)41-18-10-7-11-19-41)44-26-31-48-47-21-12-14-22-53(47)60(2,3)55(48)37-44/h6-38H,4-5H2,1-3H3. The third-order valence-electron chi connectivity index (χ3n) is 14.3. The Kier molecular flexibility index (Phi) is 8.52. The van der Waals surface area contributed by atoms with Crippen LogP contribution in [-0.2, 0) is 17.3 Å². The number of hydrogen-bond donors (Lipinski definition) is 0. The number of fused-ring (bicyclic) bond motifs is 13. The second-order valence-corrected chi connectivity index (χ2v) is 18.7. The molecule has 0 fully saturated rings. The smallest absolute Gasteiger partial charge is 0.0726 e. The van der Waals surface area contributed by atoms with E-state index in [0.717, 1.165) is 31.7 Å². The molecule has 0 saturated heterocycles. The lowest BCUT2D eigenvalue weighted by Crippen LogP contribution is -2.27. The quantitative estimate of drug-likeness (QED) is 0.145. The van der Waals surface area contributed by atoms with Crippen molar-refractivity contribution in [1.29, 1.82) is 0 Å². The maximum Gasteiger partial charge on any atom is 0.0726 e. The molecule has 3 aliphatic carbocycles. The van der Waals surface area contributed by atoms with Gasteiger partial charge in [-0.25, -0.2) is 0 Å². The first kappa shape index (κ1) is 37.7. The monoisotopic (exact) mass is 823 g/mol. The first-order valence-corrected chi connectivity index (χ1v) is 23.3. The van der Waals surface area contributed by atoms with E-state index in [-0.39, 0.29) is 5.41 Å². The second-order valence-electron chi connectivity index (χ2n) is 17.8. The molecule has 1 unspecified atom stereocenters. The van der Waals surface area contributed by atoms with E-state index in [2.05, 4.69) is 232 Å². The van der Waals surface area contributed by atoms with Crippen LogP contribution >= 0.6 is 8.20 Å². The van der Waals surface area contributed by atoms with Crippen LogP contribution in [0.4, 0.5) is 17.1 Å². The van der Waals surface area contributed by atoms with Crippen LogP contribution in [0.5, 0.6) is 0 Å². The van der Waals surface area contributed by atoms with Crippen molar-refractivity contribution in [3.63, 3.8) is 0 Å². The maximum absolute atomic E-state index is 4.34. The van der Waals surface area contributed by atoms with Crippen LogP contribution in [-0.4, -0.2) is 6.30 Å². The molecule has 0 bridgehead atoms. The molecule has 3 aliphatic rings. The average Bonchev–Trinajstić information content (AvgIpc) is 3.89. The van der Waals surface area contributed by atoms with Crippen LogP contribution in [0.3, 0.4) is 0 Å². The lowest BCUT2D eigenvalue weighted by molar-refractivity contribution is 0.660. The molecule has 9 aromatic rings. The summed E-state index contributed by atoms with van der Waals surface area (Å²) < 4.78 is 0. The molecule has 12 rings (SSSR count). The lowest BCUT2D eigenvalue weighted by Gasteiger charge is -2.32. The van der Waals surface area contributed by atoms with Crippen molar-refractivity contribution in [2.45, 2.75) is 38.0 Å². The van der Waals surface area contributed by atoms with Crippen molar-refractivity contribution < 1.29 is 0 Å². The SMILES string of the molecule is C=Pc1ccc2c(c1)C1(c3ccc(N(c4ccc5c(c4)C(C)(C)c4ccccc4-5)c4ccccc4-c4ccccc4)cc3-c3ccc(-c4ccccc4)cc31)c1cc(CC)ccc1-2. The van der Waals surface area contributed by atoms with Gasteiger partial charge in [-0.1, -0.05) is 187 Å². The molecular weight excluding hydrogens is 778 g/mol. The third kappa shape index (κ3) is 5.46. The van der Waals surface area contributed by atoms with Crippen molar-refractivity contribution in [1.82, 2.24) is 0 Å². The molecule has 0 aromatic heterocycles. The zero-order chi connectivity index (χ0) is 42.5. The van der Waals surface area contributed by atoms with E-state index in [1.54, 1.807) is 0 Å². The van der Waals surface area contributed by atoms with Gasteiger partial charge in [-0.15, -0.1) is 0 Å². The fraction of sp³-hybridized carbons (Fsp3) is 0.0984. The number of para-hydroxylation sites is 1. The predicted octanol–water partition coefficient (Wildman–Crippen LogP) is 15.7. The minimum atomic E-state index is -0.499. The van der Waals surface area contributed by atoms with Gasteiger partial charge in [0, 0.05) is 27.7 Å². The highest BCUT2D eigenvalue weighted by Crippen LogP contribution is 2.64. The molecule has 0 amide bonds. The Morgan fingerprint density at radius 2 is 0.984 bits per heavy atom. The molecule has 1 spiro atoms. The van der Waals surface area contributed by atoms with Crippen molar-refractivity contribution in [3.8, 4) is 55.6 Å². The van der Waals surface area contributed by atoms with Crippen molar-refractivity contribution in [2.24, 2.45) is 0 Å². The number of nitrogens with zero attached hydrogens (tertiary/aromatic N) is 1. The topological polar surface area (TPSA) is 3.24 Å². The zero-order valence-corrected chi connectivity index (χ0v) is 36.8. The highest BCUT2D eigenvalue weighted by atomic mass is 31.1. The number of rotatable bonds is 7. The first-order chi connectivity index (χ1) is 30.9. The fourth-order valence-electron chi connectivity index (χ4n) is 11.3. The van der Waals surface area contributed by atoms with Gasteiger partial charge in [0.15, 0.2) is 0 Å². The number of anilines is 3. The Labute approximate surface area is 372 Å². The number of aryl methyl sites for hydroxylation is 1. The van der Waals surface area contributed by atoms with Crippen molar-refractivity contribution in [2.75, 3.05) is 4.90 Å². The molecule has 0 heterocycles. The van der Waals surface area contributed by atoms with Crippen molar-refractivity contribution >= 4 is 36.9 Å². The molecule has 0 saturated carbocycles. The molecule has 63 heavy (non-hydrogen) atoms. The van der Waals surface area contributed by atoms with Gasteiger partial charge in [0.05, 0.1) is 11.1 Å². The Morgan fingerprint density at radius 1 is 0.413 bits per heavy atom. The van der Waals surface area contributed by atoms with Gasteiger partial charge in [0.1, 0.15) is 0 Å². The second kappa shape index (κ2) is 14.2. The molecule has 2 heteroatoms. The van der Waals surface area contributed by atoms with E-state index < -0.39 is 5.41 Å². The molecular formula is C61H46NP. The number of benzene rings is 9. The van der Waals surface area contributed by atoms with E-state index in [9.17, 15) is 0 Å². The summed E-state index contributed by atoms with van der Waals surface area (Å²) in [6.45, 7) is 7.02. The molecule has 1 nitrogen and oxygen atoms in total. The van der Waals surface area contributed by atoms with Crippen LogP contribution in [0.15, 0.2) is 200 Å². The molecule has 0 N–H and O–H groups in total. The largest absolute Gasteiger partial charge is 0.310 e. The number of hydrogen-bond acceptors (Lipinski definition) is 1. The van der Waals surface area contributed by atoms with Gasteiger partial charge in [-0.05, 0) is 144 Å². The summed E-state index contributed by atoms with van der Waals surface area (Å²) in [5, 5.41) is 1.23. The predicted molar refractivity (Wildman–Crippen MR) is 269 cm³/mol. The Hall–Kier alpha value is -7.05. The summed E-state index contributed by atoms with van der Waals surface area (Å²) in [5.41, 5.74) is 25.0. The fourth-order valence-corrected chi connectivity index (χ4v) is 11.7. The third-order valence-corrected chi connectivity index (χ3v) is 15.0. The van der Waals surface area contributed by atoms with Gasteiger partial charge >= 0.3 is 0 Å². The molecule has 0 radical (unpaired) electrons. The van der Waals surface area contributed by atoms with Gasteiger partial charge < -0.3 is 4.90 Å². The highest BCUT2D eigenvalue weighted by molar-refractivity contribution is 7.45. The van der Waals surface area contributed by atoms with E-state index in [0.29, 0.717) is 0 Å². The average molecular weight is 824 g/mol. The summed E-state index contributed by atoms with van der Waals surface area (Å²) in [4.78, 5) is 2.51. The van der Waals surface area contributed by atoms with Gasteiger partial charge in [0.2, 0.25) is 0 Å². The van der Waals surface area contributed by atoms with Crippen LogP contribution in [0.2, 0.25) is 0 Å². The maximum atomic E-state index is 4.34. The molecule has 0 aliphatic heterocycles. The molecule has 300 valence electrons. The van der Waals surface area contributed by atoms with Crippen LogP contribution in [0.1, 0.15) is 59.7 Å². The van der Waals surface area contributed by atoms with Crippen LogP contribution in [0, 0.1) is 0 Å². The van der Waals surface area contributed by atoms with E-state index in [1.807, 2.05) is 0 Å². The molecule has 9 aromatic carbocycles. The van der Waals surface area contributed by atoms with Crippen molar-refractivity contribution in [3.05, 3.63) is 239 Å². The summed E-state index contributed by atoms with van der Waals surface area (Å²) in [6, 6.07) is 75.6. The van der Waals surface area contributed by atoms with Gasteiger partial charge in [-0.3, -0.25) is 0 Å². The Bertz CT molecular complexity index is 3320. The van der Waals surface area contributed by atoms with Gasteiger partial charge in [0.25, 0.3) is 0 Å². The summed E-state index contributed by atoms with van der Waals surface area (Å²) >= 11 is 0. The van der Waals surface area contributed by atoms with Crippen LogP contribution < -0.4 is 10.2 Å². The normalized spacial score (nSPS) is 15.7. The van der Waals surface area contributed by atoms with Gasteiger partial charge in [-0.2, -0.15) is 0 Å². The minimum absolute atomic E-state index is 0.140. The molecule has 1 atom stereocenters. The minimum Gasteiger partial charge on any atom is -0.310 e. The lowest BCUT2D eigenvalue weighted by atomic mass is 9.70. The zero-order valence-electron chi connectivity index (χ0n) is 35.9. The van der Waals surface area contributed by atoms with E-state index >= 15 is 0 Å². The van der Waals surface area contributed by atoms with E-state index in [4.69, 9.17) is 0 Å². The first-order valence-electron chi connectivity index (χ1n) is 22.2. The summed E-state index contributed by atoms with van der Waals surface area (Å²) in [5.74, 6) is 0. The Balaban J connectivity index is 1.14. The summed E-state index contributed by atoms with van der Waals surface area (Å²) in [7, 11) is 1.02. The Morgan fingerprint density at radius 3 is 1.76 bits per heavy atom.